The van der Waals surface area contributed by atoms with Gasteiger partial charge in [-0.1, -0.05) is 52.3 Å². The summed E-state index contributed by atoms with van der Waals surface area (Å²) in [5, 5.41) is 0. The summed E-state index contributed by atoms with van der Waals surface area (Å²) in [6, 6.07) is 7.94. The minimum atomic E-state index is -3.78. The molecule has 4 nitrogen and oxygen atoms in total. The minimum absolute atomic E-state index is 0.109. The Morgan fingerprint density at radius 3 is 2.20 bits per heavy atom. The van der Waals surface area contributed by atoms with Gasteiger partial charge in [0.15, 0.2) is 0 Å². The fourth-order valence-corrected chi connectivity index (χ4v) is 3.15. The molecule has 0 saturated carbocycles. The Labute approximate surface area is 121 Å². The molecule has 0 saturated heterocycles. The van der Waals surface area contributed by atoms with E-state index in [4.69, 9.17) is 0 Å². The standard InChI is InChI=1S/C15H23NO3S/c1-5-9-13(15(2,3)4)14(17)16-20(18,19)12-10-7-6-8-11-12/h6-8,10-11,13H,5,9H2,1-4H3,(H,16,17)/t13-/m0/s1. The molecule has 0 heterocycles. The Hall–Kier alpha value is -1.36. The van der Waals surface area contributed by atoms with Gasteiger partial charge in [-0.3, -0.25) is 4.79 Å². The van der Waals surface area contributed by atoms with Crippen LogP contribution in [0.4, 0.5) is 0 Å². The summed E-state index contributed by atoms with van der Waals surface area (Å²) in [6.07, 6.45) is 1.50. The lowest BCUT2D eigenvalue weighted by Crippen LogP contribution is -2.40. The Morgan fingerprint density at radius 2 is 1.75 bits per heavy atom. The highest BCUT2D eigenvalue weighted by Gasteiger charge is 2.32. The van der Waals surface area contributed by atoms with Gasteiger partial charge in [0, 0.05) is 5.92 Å². The summed E-state index contributed by atoms with van der Waals surface area (Å²) in [4.78, 5) is 12.4. The number of carbonyl (C=O) groups is 1. The molecule has 0 aliphatic heterocycles. The van der Waals surface area contributed by atoms with Crippen molar-refractivity contribution < 1.29 is 13.2 Å². The maximum absolute atomic E-state index is 12.3. The first-order valence-corrected chi connectivity index (χ1v) is 8.28. The molecule has 0 bridgehead atoms. The van der Waals surface area contributed by atoms with Crippen molar-refractivity contribution in [3.05, 3.63) is 30.3 Å². The molecule has 0 spiro atoms. The lowest BCUT2D eigenvalue weighted by molar-refractivity contribution is -0.126. The normalized spacial score (nSPS) is 13.8. The molecule has 0 aliphatic carbocycles. The van der Waals surface area contributed by atoms with E-state index in [-0.39, 0.29) is 16.2 Å². The molecule has 112 valence electrons. The number of hydrogen-bond donors (Lipinski definition) is 1. The monoisotopic (exact) mass is 297 g/mol. The summed E-state index contributed by atoms with van der Waals surface area (Å²) < 4.78 is 26.5. The van der Waals surface area contributed by atoms with E-state index in [9.17, 15) is 13.2 Å². The molecule has 0 fully saturated rings. The Balaban J connectivity index is 2.94. The van der Waals surface area contributed by atoms with Crippen LogP contribution in [0.1, 0.15) is 40.5 Å². The van der Waals surface area contributed by atoms with Gasteiger partial charge in [-0.25, -0.2) is 13.1 Å². The highest BCUT2D eigenvalue weighted by Crippen LogP contribution is 2.30. The largest absolute Gasteiger partial charge is 0.274 e. The zero-order valence-electron chi connectivity index (χ0n) is 12.5. The highest BCUT2D eigenvalue weighted by molar-refractivity contribution is 7.90. The first kappa shape index (κ1) is 16.7. The average molecular weight is 297 g/mol. The van der Waals surface area contributed by atoms with Gasteiger partial charge in [0.25, 0.3) is 10.0 Å². The van der Waals surface area contributed by atoms with Crippen LogP contribution in [0.25, 0.3) is 0 Å². The first-order chi connectivity index (χ1) is 9.18. The first-order valence-electron chi connectivity index (χ1n) is 6.80. The van der Waals surface area contributed by atoms with Gasteiger partial charge in [0.1, 0.15) is 0 Å². The van der Waals surface area contributed by atoms with Gasteiger partial charge >= 0.3 is 0 Å². The zero-order chi connectivity index (χ0) is 15.4. The molecular formula is C15H23NO3S. The van der Waals surface area contributed by atoms with Gasteiger partial charge in [0.2, 0.25) is 5.91 Å². The topological polar surface area (TPSA) is 63.2 Å². The molecule has 0 aliphatic rings. The third kappa shape index (κ3) is 4.34. The van der Waals surface area contributed by atoms with E-state index in [1.807, 2.05) is 27.7 Å². The van der Waals surface area contributed by atoms with Crippen molar-refractivity contribution in [2.75, 3.05) is 0 Å². The molecule has 20 heavy (non-hydrogen) atoms. The molecule has 1 aromatic carbocycles. The summed E-state index contributed by atoms with van der Waals surface area (Å²) in [7, 11) is -3.78. The van der Waals surface area contributed by atoms with Crippen molar-refractivity contribution in [3.8, 4) is 0 Å². The fraction of sp³-hybridized carbons (Fsp3) is 0.533. The second-order valence-electron chi connectivity index (χ2n) is 5.99. The van der Waals surface area contributed by atoms with Crippen LogP contribution in [0.2, 0.25) is 0 Å². The van der Waals surface area contributed by atoms with Gasteiger partial charge < -0.3 is 0 Å². The summed E-state index contributed by atoms with van der Waals surface area (Å²) in [5.41, 5.74) is -0.272. The number of carbonyl (C=O) groups excluding carboxylic acids is 1. The maximum atomic E-state index is 12.3. The summed E-state index contributed by atoms with van der Waals surface area (Å²) in [6.45, 7) is 7.82. The van der Waals surface area contributed by atoms with Crippen molar-refractivity contribution >= 4 is 15.9 Å². The van der Waals surface area contributed by atoms with Gasteiger partial charge in [0.05, 0.1) is 4.90 Å². The molecule has 1 atom stereocenters. The van der Waals surface area contributed by atoms with Crippen LogP contribution in [0, 0.1) is 11.3 Å². The van der Waals surface area contributed by atoms with Crippen LogP contribution >= 0.6 is 0 Å². The van der Waals surface area contributed by atoms with E-state index in [1.54, 1.807) is 18.2 Å². The van der Waals surface area contributed by atoms with Crippen molar-refractivity contribution in [3.63, 3.8) is 0 Å². The Kier molecular flexibility index (Phi) is 5.34. The lowest BCUT2D eigenvalue weighted by atomic mass is 9.78. The van der Waals surface area contributed by atoms with Crippen LogP contribution in [0.3, 0.4) is 0 Å². The van der Waals surface area contributed by atoms with E-state index in [1.165, 1.54) is 12.1 Å². The van der Waals surface area contributed by atoms with Crippen LogP contribution < -0.4 is 4.72 Å². The van der Waals surface area contributed by atoms with E-state index < -0.39 is 15.9 Å². The van der Waals surface area contributed by atoms with Crippen molar-refractivity contribution in [1.29, 1.82) is 0 Å². The third-order valence-corrected chi connectivity index (χ3v) is 4.59. The van der Waals surface area contributed by atoms with E-state index in [0.717, 1.165) is 6.42 Å². The van der Waals surface area contributed by atoms with Crippen molar-refractivity contribution in [2.24, 2.45) is 11.3 Å². The molecular weight excluding hydrogens is 274 g/mol. The smallest absolute Gasteiger partial charge is 0.264 e. The van der Waals surface area contributed by atoms with E-state index in [0.29, 0.717) is 6.42 Å². The van der Waals surface area contributed by atoms with E-state index >= 15 is 0 Å². The number of hydrogen-bond acceptors (Lipinski definition) is 3. The second kappa shape index (κ2) is 6.39. The SMILES string of the molecule is CCC[C@@H](C(=O)NS(=O)(=O)c1ccccc1)C(C)(C)C. The quantitative estimate of drug-likeness (QED) is 0.909. The van der Waals surface area contributed by atoms with E-state index in [2.05, 4.69) is 4.72 Å². The van der Waals surface area contributed by atoms with Crippen LogP contribution in [0.5, 0.6) is 0 Å². The van der Waals surface area contributed by atoms with Gasteiger partial charge in [-0.15, -0.1) is 0 Å². The molecule has 1 N–H and O–H groups in total. The maximum Gasteiger partial charge on any atom is 0.264 e. The Morgan fingerprint density at radius 1 is 1.20 bits per heavy atom. The third-order valence-electron chi connectivity index (χ3n) is 3.23. The summed E-state index contributed by atoms with van der Waals surface area (Å²) in [5.74, 6) is -0.755. The highest BCUT2D eigenvalue weighted by atomic mass is 32.2. The number of nitrogens with one attached hydrogen (secondary N) is 1. The number of sulfonamides is 1. The second-order valence-corrected chi connectivity index (χ2v) is 7.67. The lowest BCUT2D eigenvalue weighted by Gasteiger charge is -2.29. The van der Waals surface area contributed by atoms with Crippen molar-refractivity contribution in [2.45, 2.75) is 45.4 Å². The average Bonchev–Trinajstić information content (AvgIpc) is 2.35. The Bertz CT molecular complexity index is 544. The number of benzene rings is 1. The van der Waals surface area contributed by atoms with Crippen LogP contribution in [0.15, 0.2) is 35.2 Å². The predicted octanol–water partition coefficient (Wildman–Crippen LogP) is 2.95. The molecule has 1 rings (SSSR count). The minimum Gasteiger partial charge on any atom is -0.274 e. The molecule has 1 aromatic rings. The molecule has 0 unspecified atom stereocenters. The van der Waals surface area contributed by atoms with Gasteiger partial charge in [-0.2, -0.15) is 0 Å². The zero-order valence-corrected chi connectivity index (χ0v) is 13.3. The van der Waals surface area contributed by atoms with Crippen LogP contribution in [-0.2, 0) is 14.8 Å². The fourth-order valence-electron chi connectivity index (χ4n) is 2.11. The van der Waals surface area contributed by atoms with Crippen molar-refractivity contribution in [1.82, 2.24) is 4.72 Å². The molecule has 0 radical (unpaired) electrons. The van der Waals surface area contributed by atoms with Gasteiger partial charge in [-0.05, 0) is 24.0 Å². The van der Waals surface area contributed by atoms with Crippen LogP contribution in [-0.4, -0.2) is 14.3 Å². The predicted molar refractivity (Wildman–Crippen MR) is 79.6 cm³/mol. The summed E-state index contributed by atoms with van der Waals surface area (Å²) >= 11 is 0. The number of amides is 1. The molecule has 1 amide bonds. The number of rotatable bonds is 5. The molecule has 5 heteroatoms. The molecule has 0 aromatic heterocycles.